The van der Waals surface area contributed by atoms with Gasteiger partial charge in [0, 0.05) is 7.15 Å². The number of nitriles is 1. The van der Waals surface area contributed by atoms with E-state index in [4.69, 9.17) is 9.47 Å². The summed E-state index contributed by atoms with van der Waals surface area (Å²) in [6, 6.07) is 18.6. The standard InChI is InChI=1S/C22H19I2NO3/c1-22(2)17(12-19(23)24)20(22)21(26)28-18(13-25)14-7-6-10-16(11-14)27-15-8-4-3-5-9-15/h3-12,17-18,20H,1-2H3/t17-,18-,20+/m1/s1. The number of hydrogen-bond donors (Lipinski definition) is 0. The van der Waals surface area contributed by atoms with Crippen molar-refractivity contribution >= 4 is 51.2 Å². The van der Waals surface area contributed by atoms with Crippen molar-refractivity contribution in [3.05, 3.63) is 67.8 Å². The van der Waals surface area contributed by atoms with Crippen molar-refractivity contribution in [2.45, 2.75) is 20.0 Å². The van der Waals surface area contributed by atoms with Gasteiger partial charge in [-0.1, -0.05) is 50.3 Å². The van der Waals surface area contributed by atoms with Gasteiger partial charge in [-0.2, -0.15) is 5.26 Å². The highest BCUT2D eigenvalue weighted by Crippen LogP contribution is 2.60. The molecular weight excluding hydrogens is 580 g/mol. The second-order valence-corrected chi connectivity index (χ2v) is 11.6. The number of hydrogen-bond acceptors (Lipinski definition) is 4. The molecule has 0 unspecified atom stereocenters. The third kappa shape index (κ3) is 4.87. The molecule has 0 heterocycles. The predicted molar refractivity (Wildman–Crippen MR) is 124 cm³/mol. The molecule has 3 atom stereocenters. The van der Waals surface area contributed by atoms with Gasteiger partial charge in [-0.05, 0) is 80.8 Å². The lowest BCUT2D eigenvalue weighted by Gasteiger charge is -2.13. The van der Waals surface area contributed by atoms with Crippen LogP contribution in [0.1, 0.15) is 25.5 Å². The molecule has 0 spiro atoms. The Bertz CT molecular complexity index is 930. The van der Waals surface area contributed by atoms with Crippen LogP contribution in [0.15, 0.2) is 62.3 Å². The third-order valence-electron chi connectivity index (χ3n) is 4.96. The molecule has 3 rings (SSSR count). The van der Waals surface area contributed by atoms with E-state index in [1.54, 1.807) is 24.3 Å². The van der Waals surface area contributed by atoms with Crippen LogP contribution in [0, 0.1) is 28.6 Å². The van der Waals surface area contributed by atoms with Crippen LogP contribution in [-0.2, 0) is 9.53 Å². The molecule has 2 aromatic carbocycles. The quantitative estimate of drug-likeness (QED) is 0.279. The minimum Gasteiger partial charge on any atom is -0.457 e. The number of carbonyl (C=O) groups excluding carboxylic acids is 1. The van der Waals surface area contributed by atoms with Gasteiger partial charge in [0.05, 0.1) is 5.92 Å². The molecule has 1 saturated carbocycles. The highest BCUT2D eigenvalue weighted by atomic mass is 127. The molecule has 0 amide bonds. The molecule has 2 aromatic rings. The average molecular weight is 599 g/mol. The highest BCUT2D eigenvalue weighted by Gasteiger charge is 2.61. The van der Waals surface area contributed by atoms with Crippen molar-refractivity contribution in [3.8, 4) is 17.6 Å². The maximum Gasteiger partial charge on any atom is 0.311 e. The minimum absolute atomic E-state index is 0.135. The third-order valence-corrected chi connectivity index (χ3v) is 5.68. The summed E-state index contributed by atoms with van der Waals surface area (Å²) in [5, 5.41) is 9.57. The van der Waals surface area contributed by atoms with Gasteiger partial charge in [0.25, 0.3) is 0 Å². The van der Waals surface area contributed by atoms with E-state index in [-0.39, 0.29) is 23.2 Å². The number of benzene rings is 2. The van der Waals surface area contributed by atoms with Gasteiger partial charge < -0.3 is 9.47 Å². The molecule has 0 saturated heterocycles. The van der Waals surface area contributed by atoms with Crippen LogP contribution < -0.4 is 4.74 Å². The van der Waals surface area contributed by atoms with Crippen molar-refractivity contribution in [1.29, 1.82) is 5.26 Å². The van der Waals surface area contributed by atoms with Gasteiger partial charge in [-0.3, -0.25) is 4.79 Å². The topological polar surface area (TPSA) is 59.3 Å². The molecule has 144 valence electrons. The Balaban J connectivity index is 1.72. The molecular formula is C22H19I2NO3. The summed E-state index contributed by atoms with van der Waals surface area (Å²) < 4.78 is 12.5. The van der Waals surface area contributed by atoms with E-state index in [9.17, 15) is 10.1 Å². The van der Waals surface area contributed by atoms with Crippen LogP contribution in [0.2, 0.25) is 0 Å². The van der Waals surface area contributed by atoms with Crippen molar-refractivity contribution in [3.63, 3.8) is 0 Å². The molecule has 0 radical (unpaired) electrons. The smallest absolute Gasteiger partial charge is 0.311 e. The van der Waals surface area contributed by atoms with Gasteiger partial charge in [0.2, 0.25) is 6.10 Å². The Labute approximate surface area is 192 Å². The zero-order valence-electron chi connectivity index (χ0n) is 15.4. The molecule has 0 aromatic heterocycles. The largest absolute Gasteiger partial charge is 0.457 e. The van der Waals surface area contributed by atoms with E-state index in [0.717, 1.165) is 1.59 Å². The molecule has 0 aliphatic heterocycles. The number of esters is 1. The molecule has 1 fully saturated rings. The zero-order chi connectivity index (χ0) is 20.3. The van der Waals surface area contributed by atoms with Crippen molar-refractivity contribution in [1.82, 2.24) is 0 Å². The van der Waals surface area contributed by atoms with Crippen LogP contribution in [0.25, 0.3) is 0 Å². The summed E-state index contributed by atoms with van der Waals surface area (Å²) >= 11 is 4.46. The SMILES string of the molecule is CC1(C)[C@H](C=C(I)I)[C@H]1C(=O)O[C@H](C#N)c1cccc(Oc2ccccc2)c1. The lowest BCUT2D eigenvalue weighted by Crippen LogP contribution is -2.14. The van der Waals surface area contributed by atoms with E-state index in [0.29, 0.717) is 17.1 Å². The first kappa shape index (κ1) is 21.1. The Morgan fingerprint density at radius 3 is 2.46 bits per heavy atom. The monoisotopic (exact) mass is 599 g/mol. The first-order chi connectivity index (χ1) is 13.3. The minimum atomic E-state index is -0.966. The first-order valence-corrected chi connectivity index (χ1v) is 10.9. The predicted octanol–water partition coefficient (Wildman–Crippen LogP) is 6.57. The van der Waals surface area contributed by atoms with Crippen molar-refractivity contribution in [2.24, 2.45) is 17.3 Å². The summed E-state index contributed by atoms with van der Waals surface area (Å²) in [6.07, 6.45) is 1.12. The van der Waals surface area contributed by atoms with Crippen LogP contribution >= 0.6 is 45.2 Å². The highest BCUT2D eigenvalue weighted by molar-refractivity contribution is 14.2. The van der Waals surface area contributed by atoms with Gasteiger partial charge in [0.1, 0.15) is 17.6 Å². The second-order valence-electron chi connectivity index (χ2n) is 7.21. The fraction of sp³-hybridized carbons (Fsp3) is 0.273. The van der Waals surface area contributed by atoms with Crippen LogP contribution in [0.3, 0.4) is 0 Å². The maximum atomic E-state index is 12.7. The van der Waals surface area contributed by atoms with Crippen LogP contribution in [-0.4, -0.2) is 5.97 Å². The number of ether oxygens (including phenoxy) is 2. The normalized spacial score (nSPS) is 20.4. The van der Waals surface area contributed by atoms with E-state index >= 15 is 0 Å². The molecule has 6 heteroatoms. The zero-order valence-corrected chi connectivity index (χ0v) is 19.7. The Morgan fingerprint density at radius 2 is 1.82 bits per heavy atom. The van der Waals surface area contributed by atoms with Gasteiger partial charge in [0.15, 0.2) is 0 Å². The summed E-state index contributed by atoms with van der Waals surface area (Å²) in [5.41, 5.74) is 0.440. The number of rotatable bonds is 6. The fourth-order valence-electron chi connectivity index (χ4n) is 3.30. The van der Waals surface area contributed by atoms with Crippen molar-refractivity contribution < 1.29 is 14.3 Å². The molecule has 1 aliphatic carbocycles. The number of carbonyl (C=O) groups is 1. The molecule has 4 nitrogen and oxygen atoms in total. The van der Waals surface area contributed by atoms with Crippen LogP contribution in [0.4, 0.5) is 0 Å². The average Bonchev–Trinajstić information content (AvgIpc) is 3.20. The maximum absolute atomic E-state index is 12.7. The Morgan fingerprint density at radius 1 is 1.14 bits per heavy atom. The van der Waals surface area contributed by atoms with E-state index in [2.05, 4.69) is 57.3 Å². The summed E-state index contributed by atoms with van der Waals surface area (Å²) in [7, 11) is 0. The number of halogens is 2. The molecule has 28 heavy (non-hydrogen) atoms. The van der Waals surface area contributed by atoms with Crippen molar-refractivity contribution in [2.75, 3.05) is 0 Å². The summed E-state index contributed by atoms with van der Waals surface area (Å²) in [6.45, 7) is 4.10. The Hall–Kier alpha value is -1.60. The fourth-order valence-corrected chi connectivity index (χ4v) is 4.07. The first-order valence-electron chi connectivity index (χ1n) is 8.78. The van der Waals surface area contributed by atoms with E-state index < -0.39 is 6.10 Å². The van der Waals surface area contributed by atoms with Gasteiger partial charge in [-0.15, -0.1) is 0 Å². The number of nitrogens with zero attached hydrogens (tertiary/aromatic N) is 1. The number of para-hydroxylation sites is 1. The summed E-state index contributed by atoms with van der Waals surface area (Å²) in [5.74, 6) is 0.865. The van der Waals surface area contributed by atoms with E-state index in [1.807, 2.05) is 44.2 Å². The van der Waals surface area contributed by atoms with Crippen LogP contribution in [0.5, 0.6) is 11.5 Å². The van der Waals surface area contributed by atoms with Gasteiger partial charge >= 0.3 is 5.97 Å². The summed E-state index contributed by atoms with van der Waals surface area (Å²) in [4.78, 5) is 12.7. The second kappa shape index (κ2) is 8.82. The van der Waals surface area contributed by atoms with Gasteiger partial charge in [-0.25, -0.2) is 0 Å². The Kier molecular flexibility index (Phi) is 6.65. The number of allylic oxidation sites excluding steroid dienone is 1. The molecule has 1 aliphatic rings. The molecule has 0 N–H and O–H groups in total. The lowest BCUT2D eigenvalue weighted by atomic mass is 10.1. The van der Waals surface area contributed by atoms with E-state index in [1.165, 1.54) is 0 Å². The lowest BCUT2D eigenvalue weighted by molar-refractivity contribution is -0.149. The molecule has 0 bridgehead atoms.